The van der Waals surface area contributed by atoms with Crippen LogP contribution in [-0.2, 0) is 47.5 Å². The molecular formula is C45H51O26+. The minimum absolute atomic E-state index is 0.00821. The van der Waals surface area contributed by atoms with E-state index in [0.29, 0.717) is 5.56 Å². The highest BCUT2D eigenvalue weighted by Gasteiger charge is 2.52. The summed E-state index contributed by atoms with van der Waals surface area (Å²) in [6.07, 6.45) is -26.3. The monoisotopic (exact) mass is 1010 g/mol. The maximum atomic E-state index is 12.6. The molecule has 0 bridgehead atoms. The lowest BCUT2D eigenvalue weighted by atomic mass is 9.97. The Bertz CT molecular complexity index is 2440. The quantitative estimate of drug-likeness (QED) is 0.0250. The number of aliphatic hydroxyl groups is 9. The van der Waals surface area contributed by atoms with Crippen molar-refractivity contribution in [2.24, 2.45) is 0 Å². The Morgan fingerprint density at radius 3 is 1.94 bits per heavy atom. The first kappa shape index (κ1) is 52.3. The molecule has 4 heterocycles. The second kappa shape index (κ2) is 21.9. The molecule has 26 heteroatoms. The normalized spacial score (nSPS) is 32.7. The van der Waals surface area contributed by atoms with Gasteiger partial charge in [0.05, 0.1) is 17.7 Å². The summed E-state index contributed by atoms with van der Waals surface area (Å²) in [5.41, 5.74) is 0.307. The number of ether oxygens (including phenoxy) is 9. The third kappa shape index (κ3) is 11.8. The fourth-order valence-electron chi connectivity index (χ4n) is 7.80. The van der Waals surface area contributed by atoms with Crippen molar-refractivity contribution in [2.75, 3.05) is 13.2 Å². The van der Waals surface area contributed by atoms with Crippen molar-refractivity contribution in [1.82, 2.24) is 0 Å². The summed E-state index contributed by atoms with van der Waals surface area (Å²) in [6, 6.07) is 9.85. The fraction of sp³-hybridized carbons (Fsp3) is 0.444. The largest absolute Gasteiger partial charge is 0.571 e. The van der Waals surface area contributed by atoms with Gasteiger partial charge in [0.25, 0.3) is 11.9 Å². The molecule has 16 unspecified atom stereocenters. The van der Waals surface area contributed by atoms with Crippen LogP contribution < -0.4 is 4.74 Å². The molecule has 26 nitrogen and oxygen atoms in total. The van der Waals surface area contributed by atoms with Gasteiger partial charge >= 0.3 is 17.9 Å². The van der Waals surface area contributed by atoms with Crippen LogP contribution in [0, 0.1) is 0 Å². The fourth-order valence-corrected chi connectivity index (χ4v) is 7.80. The van der Waals surface area contributed by atoms with Gasteiger partial charge in [-0.2, -0.15) is 0 Å². The topological polar surface area (TPSA) is 421 Å². The number of phenolic OH excluding ortho intramolecular Hbond substituents is 5. The summed E-state index contributed by atoms with van der Waals surface area (Å²) < 4.78 is 49.8. The van der Waals surface area contributed by atoms with Crippen molar-refractivity contribution in [3.63, 3.8) is 0 Å². The van der Waals surface area contributed by atoms with Crippen molar-refractivity contribution in [1.29, 1.82) is 0 Å². The van der Waals surface area contributed by atoms with Gasteiger partial charge in [-0.25, -0.2) is 4.79 Å². The highest BCUT2D eigenvalue weighted by atomic mass is 16.7. The second-order valence-electron chi connectivity index (χ2n) is 16.7. The van der Waals surface area contributed by atoms with E-state index in [1.165, 1.54) is 43.3 Å². The summed E-state index contributed by atoms with van der Waals surface area (Å²) in [5.74, 6) is -7.75. The summed E-state index contributed by atoms with van der Waals surface area (Å²) in [4.78, 5) is 36.1. The van der Waals surface area contributed by atoms with Crippen molar-refractivity contribution >= 4 is 30.1 Å². The second-order valence-corrected chi connectivity index (χ2v) is 16.7. The van der Waals surface area contributed by atoms with Crippen LogP contribution in [0.2, 0.25) is 0 Å². The number of esters is 2. The van der Waals surface area contributed by atoms with Crippen molar-refractivity contribution < 1.29 is 129 Å². The zero-order chi connectivity index (χ0) is 51.6. The zero-order valence-corrected chi connectivity index (χ0v) is 36.9. The molecule has 0 aromatic heterocycles. The molecule has 4 aliphatic rings. The smallest absolute Gasteiger partial charge is 0.330 e. The zero-order valence-electron chi connectivity index (χ0n) is 36.9. The van der Waals surface area contributed by atoms with E-state index in [4.69, 9.17) is 43.0 Å². The first-order valence-electron chi connectivity index (χ1n) is 21.5. The molecule has 0 radical (unpaired) electrons. The van der Waals surface area contributed by atoms with Gasteiger partial charge in [0, 0.05) is 18.2 Å². The number of hydrogen-bond donors (Lipinski definition) is 14. The minimum Gasteiger partial charge on any atom is -0.571 e. The van der Waals surface area contributed by atoms with Gasteiger partial charge in [-0.3, -0.25) is 9.59 Å². The van der Waals surface area contributed by atoms with Crippen LogP contribution in [0.3, 0.4) is 0 Å². The standard InChI is InChI=1S/C45H50O26/c1-16-32(54)35(57)38(60)43(65-16)71-42-28(15-64-31(53)13-29(50)51)70-45(40(62)37(42)59)67-25-11-20(47)10-24-21(25)12-26(41(66-24)18-8-22(48)33(55)23(49)9-18)68-44-39(61)36(58)34(56)27(69-44)14-63-30(52)7-4-17-2-5-19(46)6-3-17/h2-12,16,27-28,32,34-49,54-62H,13-15H2,1H3,(H,50,51)/p+1. The molecule has 0 amide bonds. The Morgan fingerprint density at radius 1 is 0.662 bits per heavy atom. The molecule has 7 rings (SSSR count). The highest BCUT2D eigenvalue weighted by Crippen LogP contribution is 2.48. The number of rotatable bonds is 15. The van der Waals surface area contributed by atoms with Gasteiger partial charge in [0.2, 0.25) is 12.6 Å². The van der Waals surface area contributed by atoms with Crippen LogP contribution in [0.15, 0.2) is 60.4 Å². The molecular weight excluding hydrogens is 956 g/mol. The van der Waals surface area contributed by atoms with Crippen molar-refractivity contribution in [2.45, 2.75) is 112 Å². The molecule has 3 aromatic rings. The predicted molar refractivity (Wildman–Crippen MR) is 230 cm³/mol. The lowest BCUT2D eigenvalue weighted by molar-refractivity contribution is -0.349. The predicted octanol–water partition coefficient (Wildman–Crippen LogP) is -2.31. The summed E-state index contributed by atoms with van der Waals surface area (Å²) in [5, 5.41) is 147. The molecule has 3 saturated heterocycles. The number of fused-ring (bicyclic) bond motifs is 1. The average Bonchev–Trinajstić information content (AvgIpc) is 3.32. The van der Waals surface area contributed by atoms with Crippen molar-refractivity contribution in [3.8, 4) is 40.2 Å². The Hall–Kier alpha value is -6.53. The molecule has 3 aromatic carbocycles. The van der Waals surface area contributed by atoms with Gasteiger partial charge in [0.15, 0.2) is 29.3 Å². The van der Waals surface area contributed by atoms with Crippen LogP contribution in [0.25, 0.3) is 12.2 Å². The number of carboxylic acids is 1. The van der Waals surface area contributed by atoms with E-state index in [-0.39, 0.29) is 28.4 Å². The molecule has 16 atom stereocenters. The maximum absolute atomic E-state index is 12.6. The summed E-state index contributed by atoms with van der Waals surface area (Å²) >= 11 is 0. The van der Waals surface area contributed by atoms with E-state index in [1.807, 2.05) is 0 Å². The lowest BCUT2D eigenvalue weighted by Crippen LogP contribution is -2.64. The number of aliphatic carboxylic acids is 1. The van der Waals surface area contributed by atoms with Gasteiger partial charge in [0.1, 0.15) is 110 Å². The van der Waals surface area contributed by atoms with Crippen molar-refractivity contribution in [3.05, 3.63) is 77.1 Å². The first-order valence-corrected chi connectivity index (χ1v) is 21.5. The molecule has 0 aliphatic carbocycles. The highest BCUT2D eigenvalue weighted by molar-refractivity contribution is 5.90. The SMILES string of the molecule is CC1OC(OC2C(COC(=O)CC(=O)O)OC(Oc3cc(O)cc4c3C=C(OC3OC(COC(=O)C=Cc5ccc(O)cc5)C(O)C(O)C3O)C(c3cc(O)c(O)c(O)c3)[OH+]4)C(O)C2O)C(O)C(O)C1O. The number of aromatic hydroxyl groups is 6. The maximum Gasteiger partial charge on any atom is 0.330 e. The number of aliphatic hydroxyl groups excluding tert-OH is 8. The van der Waals surface area contributed by atoms with E-state index >= 15 is 0 Å². The van der Waals surface area contributed by atoms with E-state index in [1.54, 1.807) is 0 Å². The number of carbonyl (C=O) groups is 3. The minimum atomic E-state index is -2.12. The summed E-state index contributed by atoms with van der Waals surface area (Å²) in [6.45, 7) is -0.252. The van der Waals surface area contributed by atoms with Crippen LogP contribution >= 0.6 is 0 Å². The number of carbonyl (C=O) groups excluding carboxylic acids is 2. The van der Waals surface area contributed by atoms with Crippen LogP contribution in [-0.4, -0.2) is 199 Å². The lowest BCUT2D eigenvalue weighted by Gasteiger charge is -2.45. The van der Waals surface area contributed by atoms with Crippen LogP contribution in [0.5, 0.6) is 40.2 Å². The number of phenols is 5. The molecule has 3 fully saturated rings. The summed E-state index contributed by atoms with van der Waals surface area (Å²) in [7, 11) is 0. The third-order valence-electron chi connectivity index (χ3n) is 11.6. The molecule has 0 saturated carbocycles. The van der Waals surface area contributed by atoms with E-state index in [2.05, 4.69) is 4.74 Å². The average molecular weight is 1010 g/mol. The van der Waals surface area contributed by atoms with E-state index < -0.39 is 165 Å². The van der Waals surface area contributed by atoms with E-state index in [9.17, 15) is 80.8 Å². The number of benzene rings is 3. The third-order valence-corrected chi connectivity index (χ3v) is 11.6. The van der Waals surface area contributed by atoms with Gasteiger partial charge in [-0.05, 0) is 42.8 Å². The van der Waals surface area contributed by atoms with Crippen LogP contribution in [0.4, 0.5) is 0 Å². The number of carboxylic acid groups (broad SMARTS) is 1. The molecule has 0 spiro atoms. The van der Waals surface area contributed by atoms with Gasteiger partial charge in [-0.1, -0.05) is 12.1 Å². The van der Waals surface area contributed by atoms with Crippen LogP contribution in [0.1, 0.15) is 36.1 Å². The molecule has 386 valence electrons. The van der Waals surface area contributed by atoms with Gasteiger partial charge in [-0.15, -0.1) is 0 Å². The van der Waals surface area contributed by atoms with E-state index in [0.717, 1.165) is 30.3 Å². The first-order chi connectivity index (χ1) is 33.6. The number of hydrogen-bond acceptors (Lipinski definition) is 24. The Morgan fingerprint density at radius 2 is 1.27 bits per heavy atom. The molecule has 15 N–H and O–H groups in total. The van der Waals surface area contributed by atoms with Gasteiger partial charge < -0.3 is 114 Å². The Labute approximate surface area is 400 Å². The Kier molecular flexibility index (Phi) is 16.1. The molecule has 4 aliphatic heterocycles. The molecule has 71 heavy (non-hydrogen) atoms. The Balaban J connectivity index is 1.18.